The molecule has 0 saturated carbocycles. The molecule has 1 aliphatic rings. The molecule has 26 heavy (non-hydrogen) atoms. The Bertz CT molecular complexity index is 919. The fraction of sp³-hybridized carbons (Fsp3) is 0.200. The van der Waals surface area contributed by atoms with E-state index in [0.29, 0.717) is 21.6 Å². The lowest BCUT2D eigenvalue weighted by atomic mass is 10.1. The highest BCUT2D eigenvalue weighted by atomic mass is 32.2. The monoisotopic (exact) mass is 368 g/mol. The standard InChI is InChI=1S/C20H20N2O3S/c1-12-5-7-15(9-13(12)2)21-20-22-19(23)18(26-20)10-14-6-8-16(24-3)11-17(14)25-4/h5-11H,1-4H3,(H,21,22,23)/b18-10-. The van der Waals surface area contributed by atoms with E-state index in [0.717, 1.165) is 11.3 Å². The van der Waals surface area contributed by atoms with Crippen LogP contribution in [-0.4, -0.2) is 25.3 Å². The summed E-state index contributed by atoms with van der Waals surface area (Å²) in [6, 6.07) is 11.4. The number of nitrogens with one attached hydrogen (secondary N) is 1. The van der Waals surface area contributed by atoms with Gasteiger partial charge in [-0.05, 0) is 67.1 Å². The molecule has 2 aromatic carbocycles. The van der Waals surface area contributed by atoms with E-state index in [-0.39, 0.29) is 5.91 Å². The molecular weight excluding hydrogens is 348 g/mol. The lowest BCUT2D eigenvalue weighted by molar-refractivity contribution is -0.115. The minimum atomic E-state index is -0.171. The van der Waals surface area contributed by atoms with Crippen LogP contribution in [0.15, 0.2) is 46.3 Å². The number of ether oxygens (including phenoxy) is 2. The number of hydrogen-bond donors (Lipinski definition) is 1. The second kappa shape index (κ2) is 7.66. The molecule has 6 heteroatoms. The van der Waals surface area contributed by atoms with Crippen molar-refractivity contribution in [3.8, 4) is 11.5 Å². The number of amidine groups is 1. The predicted octanol–water partition coefficient (Wildman–Crippen LogP) is 4.21. The zero-order valence-corrected chi connectivity index (χ0v) is 15.9. The third-order valence-corrected chi connectivity index (χ3v) is 5.01. The Balaban J connectivity index is 1.86. The Morgan fingerprint density at radius 3 is 2.54 bits per heavy atom. The van der Waals surface area contributed by atoms with Crippen molar-refractivity contribution in [3.63, 3.8) is 0 Å². The van der Waals surface area contributed by atoms with Crippen molar-refractivity contribution in [1.29, 1.82) is 0 Å². The Kier molecular flexibility index (Phi) is 5.32. The van der Waals surface area contributed by atoms with Crippen LogP contribution in [-0.2, 0) is 4.79 Å². The van der Waals surface area contributed by atoms with Crippen molar-refractivity contribution in [2.45, 2.75) is 13.8 Å². The van der Waals surface area contributed by atoms with E-state index in [2.05, 4.69) is 17.2 Å². The van der Waals surface area contributed by atoms with Gasteiger partial charge in [0.05, 0.1) is 24.8 Å². The van der Waals surface area contributed by atoms with Crippen LogP contribution in [0.25, 0.3) is 6.08 Å². The summed E-state index contributed by atoms with van der Waals surface area (Å²) in [5.41, 5.74) is 4.00. The summed E-state index contributed by atoms with van der Waals surface area (Å²) in [6.07, 6.45) is 1.79. The van der Waals surface area contributed by atoms with Crippen molar-refractivity contribution < 1.29 is 14.3 Å². The van der Waals surface area contributed by atoms with E-state index in [9.17, 15) is 4.79 Å². The minimum Gasteiger partial charge on any atom is -0.497 e. The van der Waals surface area contributed by atoms with Gasteiger partial charge in [-0.3, -0.25) is 4.79 Å². The third-order valence-electron chi connectivity index (χ3n) is 4.10. The fourth-order valence-electron chi connectivity index (χ4n) is 2.47. The minimum absolute atomic E-state index is 0.171. The molecule has 1 amide bonds. The molecule has 0 aromatic heterocycles. The van der Waals surface area contributed by atoms with Gasteiger partial charge < -0.3 is 14.8 Å². The number of rotatable bonds is 4. The molecule has 2 aromatic rings. The van der Waals surface area contributed by atoms with Gasteiger partial charge in [0, 0.05) is 11.6 Å². The number of carbonyl (C=O) groups is 1. The maximum absolute atomic E-state index is 12.3. The molecule has 0 spiro atoms. The predicted molar refractivity (Wildman–Crippen MR) is 106 cm³/mol. The number of aliphatic imine (C=N–C) groups is 1. The van der Waals surface area contributed by atoms with Crippen LogP contribution in [0.3, 0.4) is 0 Å². The number of benzene rings is 2. The molecule has 1 fully saturated rings. The van der Waals surface area contributed by atoms with E-state index in [1.54, 1.807) is 26.4 Å². The van der Waals surface area contributed by atoms with Gasteiger partial charge in [0.15, 0.2) is 5.17 Å². The van der Waals surface area contributed by atoms with Gasteiger partial charge in [-0.2, -0.15) is 0 Å². The average molecular weight is 368 g/mol. The molecule has 3 rings (SSSR count). The molecule has 0 atom stereocenters. The molecule has 1 saturated heterocycles. The molecule has 5 nitrogen and oxygen atoms in total. The topological polar surface area (TPSA) is 59.9 Å². The van der Waals surface area contributed by atoms with Crippen LogP contribution in [0.4, 0.5) is 5.69 Å². The normalized spacial score (nSPS) is 16.8. The lowest BCUT2D eigenvalue weighted by Crippen LogP contribution is -2.19. The SMILES string of the molecule is COc1ccc(/C=C2\SC(=Nc3ccc(C)c(C)c3)NC2=O)c(OC)c1. The number of methoxy groups -OCH3 is 2. The number of carbonyl (C=O) groups excluding carboxylic acids is 1. The number of hydrogen-bond acceptors (Lipinski definition) is 5. The number of aryl methyl sites for hydroxylation is 2. The van der Waals surface area contributed by atoms with Crippen molar-refractivity contribution in [2.24, 2.45) is 4.99 Å². The largest absolute Gasteiger partial charge is 0.497 e. The first-order chi connectivity index (χ1) is 12.5. The molecule has 1 heterocycles. The second-order valence-electron chi connectivity index (χ2n) is 5.86. The zero-order valence-electron chi connectivity index (χ0n) is 15.1. The first kappa shape index (κ1) is 18.1. The van der Waals surface area contributed by atoms with Gasteiger partial charge in [0.25, 0.3) is 5.91 Å². The smallest absolute Gasteiger partial charge is 0.264 e. The van der Waals surface area contributed by atoms with Gasteiger partial charge in [-0.1, -0.05) is 6.07 Å². The van der Waals surface area contributed by atoms with Crippen LogP contribution in [0.2, 0.25) is 0 Å². The van der Waals surface area contributed by atoms with Gasteiger partial charge in [-0.25, -0.2) is 4.99 Å². The van der Waals surface area contributed by atoms with E-state index in [1.807, 2.05) is 37.3 Å². The third kappa shape index (κ3) is 3.91. The summed E-state index contributed by atoms with van der Waals surface area (Å²) in [5, 5.41) is 3.37. The Labute approximate surface area is 157 Å². The van der Waals surface area contributed by atoms with Gasteiger partial charge in [-0.15, -0.1) is 0 Å². The zero-order chi connectivity index (χ0) is 18.7. The molecule has 0 aliphatic carbocycles. The maximum atomic E-state index is 12.3. The second-order valence-corrected chi connectivity index (χ2v) is 6.89. The lowest BCUT2D eigenvalue weighted by Gasteiger charge is -2.07. The molecule has 0 bridgehead atoms. The fourth-order valence-corrected chi connectivity index (χ4v) is 3.30. The van der Waals surface area contributed by atoms with Crippen LogP contribution in [0.1, 0.15) is 16.7 Å². The highest BCUT2D eigenvalue weighted by Gasteiger charge is 2.24. The van der Waals surface area contributed by atoms with E-state index >= 15 is 0 Å². The molecule has 1 aliphatic heterocycles. The van der Waals surface area contributed by atoms with Crippen molar-refractivity contribution in [1.82, 2.24) is 5.32 Å². The molecule has 0 radical (unpaired) electrons. The van der Waals surface area contributed by atoms with Crippen LogP contribution < -0.4 is 14.8 Å². The number of amides is 1. The Morgan fingerprint density at radius 1 is 1.04 bits per heavy atom. The summed E-state index contributed by atoms with van der Waals surface area (Å²) in [7, 11) is 3.19. The molecular formula is C20H20N2O3S. The summed E-state index contributed by atoms with van der Waals surface area (Å²) < 4.78 is 10.6. The summed E-state index contributed by atoms with van der Waals surface area (Å²) in [6.45, 7) is 4.10. The quantitative estimate of drug-likeness (QED) is 0.821. The van der Waals surface area contributed by atoms with Gasteiger partial charge in [0.2, 0.25) is 0 Å². The van der Waals surface area contributed by atoms with Crippen LogP contribution >= 0.6 is 11.8 Å². The van der Waals surface area contributed by atoms with E-state index in [4.69, 9.17) is 9.47 Å². The number of thioether (sulfide) groups is 1. The van der Waals surface area contributed by atoms with Crippen molar-refractivity contribution in [3.05, 3.63) is 58.0 Å². The van der Waals surface area contributed by atoms with Gasteiger partial charge in [0.1, 0.15) is 11.5 Å². The van der Waals surface area contributed by atoms with Crippen LogP contribution in [0.5, 0.6) is 11.5 Å². The van der Waals surface area contributed by atoms with Crippen LogP contribution in [0, 0.1) is 13.8 Å². The molecule has 1 N–H and O–H groups in total. The first-order valence-corrected chi connectivity index (χ1v) is 8.90. The Morgan fingerprint density at radius 2 is 1.85 bits per heavy atom. The summed E-state index contributed by atoms with van der Waals surface area (Å²) in [5.74, 6) is 1.17. The van der Waals surface area contributed by atoms with E-state index < -0.39 is 0 Å². The van der Waals surface area contributed by atoms with Gasteiger partial charge >= 0.3 is 0 Å². The van der Waals surface area contributed by atoms with E-state index in [1.165, 1.54) is 22.9 Å². The Hall–Kier alpha value is -2.73. The highest BCUT2D eigenvalue weighted by molar-refractivity contribution is 8.18. The first-order valence-electron chi connectivity index (χ1n) is 8.09. The summed E-state index contributed by atoms with van der Waals surface area (Å²) in [4.78, 5) is 17.4. The average Bonchev–Trinajstić information content (AvgIpc) is 2.97. The highest BCUT2D eigenvalue weighted by Crippen LogP contribution is 2.32. The number of nitrogens with zero attached hydrogens (tertiary/aromatic N) is 1. The molecule has 0 unspecified atom stereocenters. The molecule has 134 valence electrons. The van der Waals surface area contributed by atoms with Crippen molar-refractivity contribution in [2.75, 3.05) is 14.2 Å². The van der Waals surface area contributed by atoms with Crippen molar-refractivity contribution >= 4 is 34.6 Å². The maximum Gasteiger partial charge on any atom is 0.264 e. The summed E-state index contributed by atoms with van der Waals surface area (Å²) >= 11 is 1.31.